The van der Waals surface area contributed by atoms with Crippen molar-refractivity contribution in [2.24, 2.45) is 0 Å². The fraction of sp³-hybridized carbons (Fsp3) is 0.818. The summed E-state index contributed by atoms with van der Waals surface area (Å²) in [5, 5.41) is 11.2. The maximum absolute atomic E-state index is 11.5. The van der Waals surface area contributed by atoms with Crippen molar-refractivity contribution in [2.75, 3.05) is 27.2 Å². The van der Waals surface area contributed by atoms with Crippen LogP contribution >= 0.6 is 0 Å². The van der Waals surface area contributed by atoms with Crippen molar-refractivity contribution in [1.82, 2.24) is 10.2 Å². The van der Waals surface area contributed by atoms with Crippen molar-refractivity contribution >= 4 is 12.0 Å². The van der Waals surface area contributed by atoms with Crippen LogP contribution in [0.5, 0.6) is 0 Å². The molecule has 17 heavy (non-hydrogen) atoms. The summed E-state index contributed by atoms with van der Waals surface area (Å²) in [4.78, 5) is 23.7. The second-order valence-corrected chi connectivity index (χ2v) is 3.88. The predicted molar refractivity (Wildman–Crippen MR) is 64.0 cm³/mol. The quantitative estimate of drug-likeness (QED) is 0.624. The van der Waals surface area contributed by atoms with Gasteiger partial charge in [-0.3, -0.25) is 0 Å². The number of carbonyl (C=O) groups excluding carboxylic acids is 1. The van der Waals surface area contributed by atoms with Crippen LogP contribution in [0.1, 0.15) is 26.2 Å². The minimum atomic E-state index is -1.08. The molecule has 0 aliphatic carbocycles. The molecule has 2 amide bonds. The molecular formula is C11H22N2O4. The molecule has 0 aromatic rings. The molecule has 0 aromatic heterocycles. The average molecular weight is 246 g/mol. The Morgan fingerprint density at radius 1 is 1.41 bits per heavy atom. The zero-order chi connectivity index (χ0) is 13.3. The van der Waals surface area contributed by atoms with Crippen molar-refractivity contribution in [3.63, 3.8) is 0 Å². The molecule has 0 aliphatic heterocycles. The molecule has 1 atom stereocenters. The van der Waals surface area contributed by atoms with Gasteiger partial charge in [0.1, 0.15) is 0 Å². The van der Waals surface area contributed by atoms with E-state index in [9.17, 15) is 9.59 Å². The van der Waals surface area contributed by atoms with E-state index in [2.05, 4.69) is 12.2 Å². The zero-order valence-corrected chi connectivity index (χ0v) is 10.7. The molecule has 0 rings (SSSR count). The zero-order valence-electron chi connectivity index (χ0n) is 10.7. The molecule has 2 N–H and O–H groups in total. The minimum Gasteiger partial charge on any atom is -0.479 e. The fourth-order valence-electron chi connectivity index (χ4n) is 1.29. The van der Waals surface area contributed by atoms with E-state index in [0.717, 1.165) is 19.3 Å². The molecular weight excluding hydrogens is 224 g/mol. The van der Waals surface area contributed by atoms with E-state index in [-0.39, 0.29) is 12.6 Å². The number of nitrogens with zero attached hydrogens (tertiary/aromatic N) is 1. The monoisotopic (exact) mass is 246 g/mol. The lowest BCUT2D eigenvalue weighted by Gasteiger charge is -2.19. The number of hydrogen-bond donors (Lipinski definition) is 2. The van der Waals surface area contributed by atoms with Crippen molar-refractivity contribution in [3.05, 3.63) is 0 Å². The summed E-state index contributed by atoms with van der Waals surface area (Å²) >= 11 is 0. The first-order valence-corrected chi connectivity index (χ1v) is 5.77. The molecule has 0 heterocycles. The van der Waals surface area contributed by atoms with E-state index < -0.39 is 12.1 Å². The smallest absolute Gasteiger partial charge is 0.334 e. The summed E-state index contributed by atoms with van der Waals surface area (Å²) in [6, 6.07) is -0.274. The van der Waals surface area contributed by atoms with Crippen LogP contribution in [0.3, 0.4) is 0 Å². The summed E-state index contributed by atoms with van der Waals surface area (Å²) in [6.07, 6.45) is 2.13. The SMILES string of the molecule is CCCCCN(C)C(=O)NCC(OC)C(=O)O. The molecule has 6 heteroatoms. The highest BCUT2D eigenvalue weighted by molar-refractivity contribution is 5.76. The van der Waals surface area contributed by atoms with Crippen LogP contribution in [-0.2, 0) is 9.53 Å². The van der Waals surface area contributed by atoms with Gasteiger partial charge in [0.15, 0.2) is 6.10 Å². The van der Waals surface area contributed by atoms with Crippen molar-refractivity contribution in [3.8, 4) is 0 Å². The lowest BCUT2D eigenvalue weighted by atomic mass is 10.2. The number of rotatable bonds is 8. The summed E-state index contributed by atoms with van der Waals surface area (Å²) in [6.45, 7) is 2.74. The fourth-order valence-corrected chi connectivity index (χ4v) is 1.29. The van der Waals surface area contributed by atoms with Crippen LogP contribution in [0.15, 0.2) is 0 Å². The normalized spacial score (nSPS) is 11.9. The number of ether oxygens (including phenoxy) is 1. The van der Waals surface area contributed by atoms with Gasteiger partial charge in [-0.25, -0.2) is 9.59 Å². The van der Waals surface area contributed by atoms with Gasteiger partial charge >= 0.3 is 12.0 Å². The summed E-state index contributed by atoms with van der Waals surface area (Å²) in [7, 11) is 2.99. The van der Waals surface area contributed by atoms with Gasteiger partial charge in [0, 0.05) is 20.7 Å². The third kappa shape index (κ3) is 6.78. The number of methoxy groups -OCH3 is 1. The number of unbranched alkanes of at least 4 members (excludes halogenated alkanes) is 2. The Labute approximate surface area is 102 Å². The van der Waals surface area contributed by atoms with Crippen molar-refractivity contribution < 1.29 is 19.4 Å². The van der Waals surface area contributed by atoms with Crippen LogP contribution < -0.4 is 5.32 Å². The third-order valence-corrected chi connectivity index (χ3v) is 2.44. The first-order chi connectivity index (χ1) is 8.02. The highest BCUT2D eigenvalue weighted by Gasteiger charge is 2.18. The second-order valence-electron chi connectivity index (χ2n) is 3.88. The molecule has 6 nitrogen and oxygen atoms in total. The number of nitrogens with one attached hydrogen (secondary N) is 1. The average Bonchev–Trinajstić information content (AvgIpc) is 2.29. The van der Waals surface area contributed by atoms with Crippen LogP contribution in [-0.4, -0.2) is 55.4 Å². The molecule has 0 saturated carbocycles. The number of carboxylic acid groups (broad SMARTS) is 1. The predicted octanol–water partition coefficient (Wildman–Crippen LogP) is 0.918. The lowest BCUT2D eigenvalue weighted by molar-refractivity contribution is -0.148. The number of carboxylic acids is 1. The molecule has 0 saturated heterocycles. The lowest BCUT2D eigenvalue weighted by Crippen LogP contribution is -2.43. The molecule has 0 radical (unpaired) electrons. The van der Waals surface area contributed by atoms with E-state index in [4.69, 9.17) is 9.84 Å². The molecule has 0 fully saturated rings. The van der Waals surface area contributed by atoms with Crippen molar-refractivity contribution in [2.45, 2.75) is 32.3 Å². The highest BCUT2D eigenvalue weighted by atomic mass is 16.5. The highest BCUT2D eigenvalue weighted by Crippen LogP contribution is 1.97. The first kappa shape index (κ1) is 15.7. The van der Waals surface area contributed by atoms with Gasteiger partial charge in [0.25, 0.3) is 0 Å². The maximum Gasteiger partial charge on any atom is 0.334 e. The minimum absolute atomic E-state index is 0.0250. The van der Waals surface area contributed by atoms with E-state index in [1.807, 2.05) is 0 Å². The van der Waals surface area contributed by atoms with Crippen LogP contribution in [0.25, 0.3) is 0 Å². The van der Waals surface area contributed by atoms with Crippen molar-refractivity contribution in [1.29, 1.82) is 0 Å². The van der Waals surface area contributed by atoms with Crippen LogP contribution in [0.2, 0.25) is 0 Å². The van der Waals surface area contributed by atoms with Gasteiger partial charge in [-0.15, -0.1) is 0 Å². The van der Waals surface area contributed by atoms with Crippen LogP contribution in [0.4, 0.5) is 4.79 Å². The van der Waals surface area contributed by atoms with E-state index in [1.54, 1.807) is 11.9 Å². The number of aliphatic carboxylic acids is 1. The van der Waals surface area contributed by atoms with Crippen LogP contribution in [0, 0.1) is 0 Å². The third-order valence-electron chi connectivity index (χ3n) is 2.44. The number of carbonyl (C=O) groups is 2. The second kappa shape index (κ2) is 8.81. The Balaban J connectivity index is 3.87. The largest absolute Gasteiger partial charge is 0.479 e. The Kier molecular flexibility index (Phi) is 8.13. The summed E-state index contributed by atoms with van der Waals surface area (Å²) in [5.41, 5.74) is 0. The Morgan fingerprint density at radius 3 is 2.53 bits per heavy atom. The van der Waals surface area contributed by atoms with E-state index >= 15 is 0 Å². The number of amides is 2. The maximum atomic E-state index is 11.5. The molecule has 1 unspecified atom stereocenters. The van der Waals surface area contributed by atoms with Gasteiger partial charge < -0.3 is 20.1 Å². The molecule has 0 aliphatic rings. The van der Waals surface area contributed by atoms with E-state index in [0.29, 0.717) is 6.54 Å². The molecule has 100 valence electrons. The van der Waals surface area contributed by atoms with Gasteiger partial charge in [-0.05, 0) is 6.42 Å². The summed E-state index contributed by atoms with van der Waals surface area (Å²) in [5.74, 6) is -1.08. The molecule has 0 bridgehead atoms. The standard InChI is InChI=1S/C11H22N2O4/c1-4-5-6-7-13(2)11(16)12-8-9(17-3)10(14)15/h9H,4-8H2,1-3H3,(H,12,16)(H,14,15). The van der Waals surface area contributed by atoms with Gasteiger partial charge in [-0.1, -0.05) is 19.8 Å². The van der Waals surface area contributed by atoms with Gasteiger partial charge in [0.2, 0.25) is 0 Å². The Hall–Kier alpha value is -1.30. The first-order valence-electron chi connectivity index (χ1n) is 5.77. The number of urea groups is 1. The summed E-state index contributed by atoms with van der Waals surface area (Å²) < 4.78 is 4.71. The van der Waals surface area contributed by atoms with Gasteiger partial charge in [-0.2, -0.15) is 0 Å². The Bertz CT molecular complexity index is 246. The van der Waals surface area contributed by atoms with Gasteiger partial charge in [0.05, 0.1) is 6.54 Å². The van der Waals surface area contributed by atoms with E-state index in [1.165, 1.54) is 7.11 Å². The Morgan fingerprint density at radius 2 is 2.06 bits per heavy atom. The molecule has 0 spiro atoms. The topological polar surface area (TPSA) is 78.9 Å². The number of hydrogen-bond acceptors (Lipinski definition) is 3. The molecule has 0 aromatic carbocycles.